The summed E-state index contributed by atoms with van der Waals surface area (Å²) in [4.78, 5) is 26.0. The van der Waals surface area contributed by atoms with Crippen molar-refractivity contribution < 1.29 is 14.3 Å². The third kappa shape index (κ3) is 4.46. The molecule has 142 valence electrons. The Morgan fingerprint density at radius 2 is 1.54 bits per heavy atom. The molecule has 0 aliphatic heterocycles. The van der Waals surface area contributed by atoms with E-state index in [1.54, 1.807) is 36.4 Å². The number of carbonyl (C=O) groups excluding carboxylic acids is 2. The number of esters is 1. The van der Waals surface area contributed by atoms with Crippen LogP contribution >= 0.6 is 0 Å². The van der Waals surface area contributed by atoms with Crippen molar-refractivity contribution in [2.24, 2.45) is 0 Å². The quantitative estimate of drug-likeness (QED) is 0.456. The van der Waals surface area contributed by atoms with Gasteiger partial charge in [0.1, 0.15) is 0 Å². The smallest absolute Gasteiger partial charge is 0.341 e. The molecule has 0 saturated heterocycles. The van der Waals surface area contributed by atoms with E-state index < -0.39 is 12.1 Å². The van der Waals surface area contributed by atoms with Crippen LogP contribution in [-0.2, 0) is 4.74 Å². The number of anilines is 1. The van der Waals surface area contributed by atoms with Gasteiger partial charge in [-0.15, -0.1) is 0 Å². The number of Topliss-reactive ketones (excluding diaryl/α,β-unsaturated/α-hetero) is 1. The highest BCUT2D eigenvalue weighted by Gasteiger charge is 2.27. The molecule has 0 bridgehead atoms. The highest BCUT2D eigenvalue weighted by Crippen LogP contribution is 2.26. The van der Waals surface area contributed by atoms with Gasteiger partial charge < -0.3 is 10.1 Å². The molecule has 0 radical (unpaired) electrons. The lowest BCUT2D eigenvalue weighted by Crippen LogP contribution is -2.21. The maximum atomic E-state index is 13.1. The Morgan fingerprint density at radius 1 is 0.893 bits per heavy atom. The van der Waals surface area contributed by atoms with Gasteiger partial charge >= 0.3 is 5.97 Å². The number of para-hydroxylation sites is 1. The van der Waals surface area contributed by atoms with Crippen molar-refractivity contribution in [2.45, 2.75) is 20.0 Å². The third-order valence-corrected chi connectivity index (χ3v) is 4.42. The third-order valence-electron chi connectivity index (χ3n) is 4.42. The van der Waals surface area contributed by atoms with E-state index in [9.17, 15) is 9.59 Å². The normalized spacial score (nSPS) is 11.5. The Bertz CT molecular complexity index is 949. The SMILES string of the molecule is CCNc1ccccc1C(=O)O[C@H](C(=O)c1ccc(C)cc1)c1ccccc1. The molecule has 0 saturated carbocycles. The number of hydrogen-bond acceptors (Lipinski definition) is 4. The largest absolute Gasteiger partial charge is 0.445 e. The van der Waals surface area contributed by atoms with Crippen LogP contribution in [0.2, 0.25) is 0 Å². The van der Waals surface area contributed by atoms with Gasteiger partial charge in [0.25, 0.3) is 0 Å². The molecule has 3 rings (SSSR count). The number of carbonyl (C=O) groups is 2. The molecule has 4 heteroatoms. The van der Waals surface area contributed by atoms with E-state index in [2.05, 4.69) is 5.32 Å². The lowest BCUT2D eigenvalue weighted by Gasteiger charge is -2.19. The molecule has 3 aromatic rings. The number of nitrogens with one attached hydrogen (secondary N) is 1. The fraction of sp³-hybridized carbons (Fsp3) is 0.167. The monoisotopic (exact) mass is 373 g/mol. The molecule has 0 aromatic heterocycles. The van der Waals surface area contributed by atoms with Gasteiger partial charge in [0, 0.05) is 23.4 Å². The van der Waals surface area contributed by atoms with Crippen LogP contribution in [0.25, 0.3) is 0 Å². The van der Waals surface area contributed by atoms with Crippen molar-refractivity contribution in [2.75, 3.05) is 11.9 Å². The minimum absolute atomic E-state index is 0.250. The van der Waals surface area contributed by atoms with Crippen LogP contribution in [-0.4, -0.2) is 18.3 Å². The number of ether oxygens (including phenoxy) is 1. The summed E-state index contributed by atoms with van der Waals surface area (Å²) in [6.07, 6.45) is -1.01. The molecular weight excluding hydrogens is 350 g/mol. The zero-order valence-corrected chi connectivity index (χ0v) is 16.0. The van der Waals surface area contributed by atoms with Crippen molar-refractivity contribution in [3.8, 4) is 0 Å². The number of aryl methyl sites for hydroxylation is 1. The van der Waals surface area contributed by atoms with E-state index in [0.717, 1.165) is 5.56 Å². The van der Waals surface area contributed by atoms with E-state index in [0.29, 0.717) is 28.9 Å². The molecule has 0 spiro atoms. The average Bonchev–Trinajstić information content (AvgIpc) is 2.73. The summed E-state index contributed by atoms with van der Waals surface area (Å²) < 4.78 is 5.73. The van der Waals surface area contributed by atoms with Gasteiger partial charge in [-0.05, 0) is 26.0 Å². The molecule has 0 aliphatic carbocycles. The summed E-state index contributed by atoms with van der Waals surface area (Å²) in [5.74, 6) is -0.786. The van der Waals surface area contributed by atoms with E-state index in [1.807, 2.05) is 56.3 Å². The highest BCUT2D eigenvalue weighted by atomic mass is 16.5. The zero-order chi connectivity index (χ0) is 19.9. The van der Waals surface area contributed by atoms with E-state index >= 15 is 0 Å². The second-order valence-corrected chi connectivity index (χ2v) is 6.50. The van der Waals surface area contributed by atoms with Crippen molar-refractivity contribution in [3.63, 3.8) is 0 Å². The van der Waals surface area contributed by atoms with Gasteiger partial charge in [0.05, 0.1) is 5.56 Å². The minimum Gasteiger partial charge on any atom is -0.445 e. The Kier molecular flexibility index (Phi) is 6.22. The summed E-state index contributed by atoms with van der Waals surface area (Å²) in [7, 11) is 0. The maximum absolute atomic E-state index is 13.1. The van der Waals surface area contributed by atoms with Crippen molar-refractivity contribution in [1.29, 1.82) is 0 Å². The first kappa shape index (κ1) is 19.4. The maximum Gasteiger partial charge on any atom is 0.341 e. The summed E-state index contributed by atoms with van der Waals surface area (Å²) in [6.45, 7) is 4.59. The molecule has 0 heterocycles. The molecule has 1 N–H and O–H groups in total. The molecule has 0 amide bonds. The Hall–Kier alpha value is -3.40. The van der Waals surface area contributed by atoms with Crippen LogP contribution in [0.4, 0.5) is 5.69 Å². The lowest BCUT2D eigenvalue weighted by atomic mass is 9.99. The highest BCUT2D eigenvalue weighted by molar-refractivity contribution is 6.03. The van der Waals surface area contributed by atoms with E-state index in [4.69, 9.17) is 4.74 Å². The van der Waals surface area contributed by atoms with Gasteiger partial charge in [-0.25, -0.2) is 4.79 Å². The topological polar surface area (TPSA) is 55.4 Å². The molecule has 28 heavy (non-hydrogen) atoms. The predicted molar refractivity (Wildman–Crippen MR) is 111 cm³/mol. The van der Waals surface area contributed by atoms with Gasteiger partial charge in [-0.1, -0.05) is 72.3 Å². The predicted octanol–water partition coefficient (Wildman–Crippen LogP) is 5.21. The van der Waals surface area contributed by atoms with Crippen LogP contribution < -0.4 is 5.32 Å². The summed E-state index contributed by atoms with van der Waals surface area (Å²) in [5, 5.41) is 3.15. The molecule has 0 fully saturated rings. The van der Waals surface area contributed by atoms with Crippen LogP contribution in [0.1, 0.15) is 44.9 Å². The molecular formula is C24H23NO3. The van der Waals surface area contributed by atoms with Crippen molar-refractivity contribution >= 4 is 17.4 Å². The van der Waals surface area contributed by atoms with Gasteiger partial charge in [0.2, 0.25) is 5.78 Å². The second kappa shape index (κ2) is 9.00. The fourth-order valence-corrected chi connectivity index (χ4v) is 2.95. The molecule has 0 aliphatic rings. The number of rotatable bonds is 7. The molecule has 1 atom stereocenters. The average molecular weight is 373 g/mol. The first-order chi connectivity index (χ1) is 13.6. The van der Waals surface area contributed by atoms with Crippen LogP contribution in [0.3, 0.4) is 0 Å². The van der Waals surface area contributed by atoms with Crippen molar-refractivity contribution in [3.05, 3.63) is 101 Å². The first-order valence-electron chi connectivity index (χ1n) is 9.30. The van der Waals surface area contributed by atoms with Gasteiger partial charge in [0.15, 0.2) is 6.10 Å². The van der Waals surface area contributed by atoms with Crippen LogP contribution in [0.5, 0.6) is 0 Å². The summed E-state index contributed by atoms with van der Waals surface area (Å²) in [6, 6.07) is 23.5. The van der Waals surface area contributed by atoms with Crippen LogP contribution in [0.15, 0.2) is 78.9 Å². The molecule has 3 aromatic carbocycles. The summed E-state index contributed by atoms with van der Waals surface area (Å²) >= 11 is 0. The number of benzene rings is 3. The van der Waals surface area contributed by atoms with Gasteiger partial charge in [-0.3, -0.25) is 4.79 Å². The zero-order valence-electron chi connectivity index (χ0n) is 16.0. The standard InChI is InChI=1S/C24H23NO3/c1-3-25-21-12-8-7-11-20(21)24(27)28-23(19-9-5-4-6-10-19)22(26)18-15-13-17(2)14-16-18/h4-16,23,25H,3H2,1-2H3/t23-/m0/s1. The second-order valence-electron chi connectivity index (χ2n) is 6.50. The number of hydrogen-bond donors (Lipinski definition) is 1. The van der Waals surface area contributed by atoms with Crippen molar-refractivity contribution in [1.82, 2.24) is 0 Å². The van der Waals surface area contributed by atoms with Gasteiger partial charge in [-0.2, -0.15) is 0 Å². The Morgan fingerprint density at radius 3 is 2.21 bits per heavy atom. The Balaban J connectivity index is 1.93. The van der Waals surface area contributed by atoms with E-state index in [1.165, 1.54) is 0 Å². The molecule has 4 nitrogen and oxygen atoms in total. The fourth-order valence-electron chi connectivity index (χ4n) is 2.95. The minimum atomic E-state index is -1.01. The summed E-state index contributed by atoms with van der Waals surface area (Å²) in [5.41, 5.74) is 3.30. The Labute approximate surface area is 165 Å². The van der Waals surface area contributed by atoms with Crippen LogP contribution in [0, 0.1) is 6.92 Å². The van der Waals surface area contributed by atoms with E-state index in [-0.39, 0.29) is 5.78 Å². The first-order valence-corrected chi connectivity index (χ1v) is 9.30. The number of ketones is 1. The lowest BCUT2D eigenvalue weighted by molar-refractivity contribution is 0.0281. The molecule has 0 unspecified atom stereocenters.